The van der Waals surface area contributed by atoms with Gasteiger partial charge in [-0.1, -0.05) is 0 Å². The van der Waals surface area contributed by atoms with E-state index in [1.54, 1.807) is 0 Å². The molecule has 1 saturated carbocycles. The number of fused-ring (bicyclic) bond motifs is 1. The lowest BCUT2D eigenvalue weighted by atomic mass is 10.4. The van der Waals surface area contributed by atoms with Crippen LogP contribution < -0.4 is 5.73 Å². The summed E-state index contributed by atoms with van der Waals surface area (Å²) in [6.07, 6.45) is 4.58. The summed E-state index contributed by atoms with van der Waals surface area (Å²) < 4.78 is 2.21. The number of aromatic nitrogens is 3. The Labute approximate surface area is 81.8 Å². The standard InChI is InChI=1S/C10H12N4/c1-6-12-9(11)8-4-5-14(7-2-3-7)10(8)13-6/h4-5,7H,2-3H2,1H3,(H2,11,12,13). The van der Waals surface area contributed by atoms with Crippen molar-refractivity contribution >= 4 is 16.9 Å². The van der Waals surface area contributed by atoms with E-state index in [0.29, 0.717) is 11.9 Å². The monoisotopic (exact) mass is 188 g/mol. The van der Waals surface area contributed by atoms with Crippen molar-refractivity contribution < 1.29 is 0 Å². The maximum absolute atomic E-state index is 5.83. The third-order valence-electron chi connectivity index (χ3n) is 2.65. The molecule has 2 heterocycles. The highest BCUT2D eigenvalue weighted by Crippen LogP contribution is 2.37. The van der Waals surface area contributed by atoms with E-state index in [-0.39, 0.29) is 0 Å². The summed E-state index contributed by atoms with van der Waals surface area (Å²) in [5, 5.41) is 0.975. The van der Waals surface area contributed by atoms with Crippen LogP contribution in [0.5, 0.6) is 0 Å². The molecular weight excluding hydrogens is 176 g/mol. The number of rotatable bonds is 1. The van der Waals surface area contributed by atoms with Gasteiger partial charge in [0.1, 0.15) is 17.3 Å². The molecule has 4 nitrogen and oxygen atoms in total. The number of anilines is 1. The SMILES string of the molecule is Cc1nc(N)c2ccn(C3CC3)c2n1. The molecule has 0 unspecified atom stereocenters. The summed E-state index contributed by atoms with van der Waals surface area (Å²) in [5.41, 5.74) is 6.81. The number of nitrogens with two attached hydrogens (primary N) is 1. The van der Waals surface area contributed by atoms with E-state index in [9.17, 15) is 0 Å². The first-order chi connectivity index (χ1) is 6.75. The van der Waals surface area contributed by atoms with Crippen LogP contribution >= 0.6 is 0 Å². The molecule has 2 N–H and O–H groups in total. The van der Waals surface area contributed by atoms with Gasteiger partial charge in [0.15, 0.2) is 0 Å². The number of aryl methyl sites for hydroxylation is 1. The highest BCUT2D eigenvalue weighted by molar-refractivity contribution is 5.86. The molecule has 0 amide bonds. The largest absolute Gasteiger partial charge is 0.383 e. The molecule has 1 aliphatic rings. The molecule has 3 rings (SSSR count). The molecule has 2 aromatic heterocycles. The molecule has 0 bridgehead atoms. The average molecular weight is 188 g/mol. The van der Waals surface area contributed by atoms with Crippen molar-refractivity contribution in [2.24, 2.45) is 0 Å². The Morgan fingerprint density at radius 2 is 2.21 bits per heavy atom. The van der Waals surface area contributed by atoms with Crippen LogP contribution in [0, 0.1) is 6.92 Å². The average Bonchev–Trinajstić information content (AvgIpc) is 2.87. The molecule has 4 heteroatoms. The Hall–Kier alpha value is -1.58. The first-order valence-electron chi connectivity index (χ1n) is 4.86. The third kappa shape index (κ3) is 0.999. The van der Waals surface area contributed by atoms with E-state index in [4.69, 9.17) is 5.73 Å². The zero-order chi connectivity index (χ0) is 9.71. The van der Waals surface area contributed by atoms with Gasteiger partial charge >= 0.3 is 0 Å². The Morgan fingerprint density at radius 1 is 1.43 bits per heavy atom. The second-order valence-electron chi connectivity index (χ2n) is 3.85. The highest BCUT2D eigenvalue weighted by Gasteiger charge is 2.25. The lowest BCUT2D eigenvalue weighted by Gasteiger charge is -2.02. The molecule has 0 aliphatic heterocycles. The highest BCUT2D eigenvalue weighted by atomic mass is 15.1. The van der Waals surface area contributed by atoms with Crippen molar-refractivity contribution in [1.82, 2.24) is 14.5 Å². The van der Waals surface area contributed by atoms with Crippen LogP contribution in [0.25, 0.3) is 11.0 Å². The number of hydrogen-bond donors (Lipinski definition) is 1. The predicted octanol–water partition coefficient (Wildman–Crippen LogP) is 1.66. The van der Waals surface area contributed by atoms with Crippen LogP contribution in [0.3, 0.4) is 0 Å². The molecule has 0 atom stereocenters. The Bertz CT molecular complexity index is 496. The second-order valence-corrected chi connectivity index (χ2v) is 3.85. The Morgan fingerprint density at radius 3 is 2.93 bits per heavy atom. The molecule has 1 aliphatic carbocycles. The summed E-state index contributed by atoms with van der Waals surface area (Å²) >= 11 is 0. The van der Waals surface area contributed by atoms with Gasteiger partial charge in [0, 0.05) is 12.2 Å². The number of nitrogen functional groups attached to an aromatic ring is 1. The van der Waals surface area contributed by atoms with Crippen molar-refractivity contribution in [2.45, 2.75) is 25.8 Å². The summed E-state index contributed by atoms with van der Waals surface area (Å²) in [4.78, 5) is 8.58. The van der Waals surface area contributed by atoms with Gasteiger partial charge in [0.05, 0.1) is 5.39 Å². The van der Waals surface area contributed by atoms with Crippen LogP contribution in [0.1, 0.15) is 24.7 Å². The third-order valence-corrected chi connectivity index (χ3v) is 2.65. The molecule has 0 saturated heterocycles. The lowest BCUT2D eigenvalue weighted by molar-refractivity contribution is 0.763. The molecule has 2 aromatic rings. The zero-order valence-electron chi connectivity index (χ0n) is 8.07. The summed E-state index contributed by atoms with van der Waals surface area (Å²) in [7, 11) is 0. The van der Waals surface area contributed by atoms with Gasteiger partial charge in [-0.05, 0) is 25.8 Å². The zero-order valence-corrected chi connectivity index (χ0v) is 8.07. The van der Waals surface area contributed by atoms with Crippen molar-refractivity contribution in [3.05, 3.63) is 18.1 Å². The fraction of sp³-hybridized carbons (Fsp3) is 0.400. The molecule has 0 aromatic carbocycles. The van der Waals surface area contributed by atoms with Crippen LogP contribution in [0.15, 0.2) is 12.3 Å². The van der Waals surface area contributed by atoms with E-state index in [0.717, 1.165) is 16.9 Å². The van der Waals surface area contributed by atoms with Gasteiger partial charge in [-0.2, -0.15) is 0 Å². The topological polar surface area (TPSA) is 56.7 Å². The molecule has 14 heavy (non-hydrogen) atoms. The normalized spacial score (nSPS) is 16.4. The van der Waals surface area contributed by atoms with E-state index in [1.807, 2.05) is 13.0 Å². The summed E-state index contributed by atoms with van der Waals surface area (Å²) in [6, 6.07) is 2.64. The molecular formula is C10H12N4. The first-order valence-corrected chi connectivity index (χ1v) is 4.86. The van der Waals surface area contributed by atoms with Crippen LogP contribution in [-0.4, -0.2) is 14.5 Å². The Balaban J connectivity index is 2.33. The van der Waals surface area contributed by atoms with Crippen molar-refractivity contribution in [3.63, 3.8) is 0 Å². The fourth-order valence-corrected chi connectivity index (χ4v) is 1.82. The van der Waals surface area contributed by atoms with E-state index in [2.05, 4.69) is 20.7 Å². The van der Waals surface area contributed by atoms with Crippen molar-refractivity contribution in [3.8, 4) is 0 Å². The smallest absolute Gasteiger partial charge is 0.146 e. The molecule has 1 fully saturated rings. The maximum atomic E-state index is 5.83. The van der Waals surface area contributed by atoms with Gasteiger partial charge < -0.3 is 10.3 Å². The quantitative estimate of drug-likeness (QED) is 0.740. The second kappa shape index (κ2) is 2.47. The predicted molar refractivity (Wildman–Crippen MR) is 54.9 cm³/mol. The van der Waals surface area contributed by atoms with Gasteiger partial charge in [-0.25, -0.2) is 9.97 Å². The first kappa shape index (κ1) is 7.79. The van der Waals surface area contributed by atoms with E-state index >= 15 is 0 Å². The van der Waals surface area contributed by atoms with Crippen molar-refractivity contribution in [1.29, 1.82) is 0 Å². The lowest BCUT2D eigenvalue weighted by Crippen LogP contribution is -1.99. The molecule has 0 spiro atoms. The minimum Gasteiger partial charge on any atom is -0.383 e. The number of nitrogens with zero attached hydrogens (tertiary/aromatic N) is 3. The Kier molecular flexibility index (Phi) is 1.37. The van der Waals surface area contributed by atoms with E-state index < -0.39 is 0 Å². The minimum absolute atomic E-state index is 0.590. The summed E-state index contributed by atoms with van der Waals surface area (Å²) in [6.45, 7) is 1.88. The number of hydrogen-bond acceptors (Lipinski definition) is 3. The van der Waals surface area contributed by atoms with Gasteiger partial charge in [0.25, 0.3) is 0 Å². The van der Waals surface area contributed by atoms with Gasteiger partial charge in [-0.3, -0.25) is 0 Å². The minimum atomic E-state index is 0.590. The van der Waals surface area contributed by atoms with Crippen LogP contribution in [0.4, 0.5) is 5.82 Å². The maximum Gasteiger partial charge on any atom is 0.146 e. The molecule has 72 valence electrons. The van der Waals surface area contributed by atoms with Gasteiger partial charge in [0.2, 0.25) is 0 Å². The van der Waals surface area contributed by atoms with E-state index in [1.165, 1.54) is 12.8 Å². The fourth-order valence-electron chi connectivity index (χ4n) is 1.82. The van der Waals surface area contributed by atoms with Crippen LogP contribution in [-0.2, 0) is 0 Å². The van der Waals surface area contributed by atoms with Gasteiger partial charge in [-0.15, -0.1) is 0 Å². The van der Waals surface area contributed by atoms with Crippen LogP contribution in [0.2, 0.25) is 0 Å². The summed E-state index contributed by atoms with van der Waals surface area (Å²) in [5.74, 6) is 1.34. The molecule has 0 radical (unpaired) electrons. The van der Waals surface area contributed by atoms with Crippen molar-refractivity contribution in [2.75, 3.05) is 5.73 Å².